The number of fused-ring (bicyclic) bond motifs is 1. The minimum Gasteiger partial charge on any atom is -0.352 e. The van der Waals surface area contributed by atoms with E-state index in [0.29, 0.717) is 6.04 Å². The summed E-state index contributed by atoms with van der Waals surface area (Å²) < 4.78 is 15.3. The predicted octanol–water partition coefficient (Wildman–Crippen LogP) is 3.40. The quantitative estimate of drug-likeness (QED) is 0.583. The third-order valence-corrected chi connectivity index (χ3v) is 5.23. The lowest BCUT2D eigenvalue weighted by Crippen LogP contribution is -2.49. The van der Waals surface area contributed by atoms with Crippen LogP contribution in [-0.4, -0.2) is 45.3 Å². The molecule has 1 atom stereocenters. The summed E-state index contributed by atoms with van der Waals surface area (Å²) in [6.45, 7) is 4.93. The van der Waals surface area contributed by atoms with Gasteiger partial charge in [0.25, 0.3) is 0 Å². The van der Waals surface area contributed by atoms with E-state index in [1.165, 1.54) is 12.1 Å². The first kappa shape index (κ1) is 17.8. The zero-order valence-electron chi connectivity index (χ0n) is 16.1. The molecule has 6 nitrogen and oxygen atoms in total. The molecule has 5 rings (SSSR count). The van der Waals surface area contributed by atoms with Crippen LogP contribution in [0.4, 0.5) is 10.2 Å². The van der Waals surface area contributed by atoms with Gasteiger partial charge in [-0.2, -0.15) is 0 Å². The average Bonchev–Trinajstić information content (AvgIpc) is 3.13. The third kappa shape index (κ3) is 3.34. The Morgan fingerprint density at radius 3 is 2.55 bits per heavy atom. The maximum absolute atomic E-state index is 13.5. The van der Waals surface area contributed by atoms with Crippen molar-refractivity contribution in [1.82, 2.24) is 24.9 Å². The van der Waals surface area contributed by atoms with Crippen LogP contribution < -0.4 is 10.2 Å². The standard InChI is InChI=1S/C22H21FN6/c1-15-14-28(13-12-25-15)20-7-6-19-26-21(16-2-4-18(23)5-3-16)22(29(19)27-20)17-8-10-24-11-9-17/h2-11,15,25H,12-14H2,1H3/t15-/m0/s1. The normalized spacial score (nSPS) is 17.0. The second kappa shape index (κ2) is 7.25. The molecule has 1 aromatic carbocycles. The lowest BCUT2D eigenvalue weighted by molar-refractivity contribution is 0.481. The molecule has 3 aromatic heterocycles. The number of hydrogen-bond donors (Lipinski definition) is 1. The molecule has 1 aliphatic heterocycles. The van der Waals surface area contributed by atoms with Crippen molar-refractivity contribution in [1.29, 1.82) is 0 Å². The molecule has 29 heavy (non-hydrogen) atoms. The SMILES string of the molecule is C[C@H]1CN(c2ccc3nc(-c4ccc(F)cc4)c(-c4ccncc4)n3n2)CCN1. The largest absolute Gasteiger partial charge is 0.352 e. The molecule has 0 spiro atoms. The fourth-order valence-corrected chi connectivity index (χ4v) is 3.81. The number of nitrogens with zero attached hydrogens (tertiary/aromatic N) is 5. The van der Waals surface area contributed by atoms with Crippen molar-refractivity contribution in [3.05, 3.63) is 66.7 Å². The van der Waals surface area contributed by atoms with Crippen LogP contribution in [0, 0.1) is 5.82 Å². The zero-order valence-corrected chi connectivity index (χ0v) is 16.1. The molecular formula is C22H21FN6. The van der Waals surface area contributed by atoms with Crippen molar-refractivity contribution < 1.29 is 4.39 Å². The smallest absolute Gasteiger partial charge is 0.155 e. The Hall–Kier alpha value is -3.32. The van der Waals surface area contributed by atoms with Crippen molar-refractivity contribution in [2.24, 2.45) is 0 Å². The third-order valence-electron chi connectivity index (χ3n) is 5.23. The first-order valence-electron chi connectivity index (χ1n) is 9.73. The fraction of sp³-hybridized carbons (Fsp3) is 0.227. The van der Waals surface area contributed by atoms with Crippen molar-refractivity contribution in [2.75, 3.05) is 24.5 Å². The highest BCUT2D eigenvalue weighted by Crippen LogP contribution is 2.32. The van der Waals surface area contributed by atoms with Gasteiger partial charge in [0.2, 0.25) is 0 Å². The highest BCUT2D eigenvalue weighted by Gasteiger charge is 2.21. The maximum Gasteiger partial charge on any atom is 0.155 e. The monoisotopic (exact) mass is 388 g/mol. The molecule has 0 bridgehead atoms. The number of imidazole rings is 1. The van der Waals surface area contributed by atoms with E-state index in [2.05, 4.69) is 22.1 Å². The number of nitrogens with one attached hydrogen (secondary N) is 1. The van der Waals surface area contributed by atoms with E-state index >= 15 is 0 Å². The van der Waals surface area contributed by atoms with Crippen molar-refractivity contribution in [3.8, 4) is 22.5 Å². The van der Waals surface area contributed by atoms with Crippen molar-refractivity contribution >= 4 is 11.5 Å². The Morgan fingerprint density at radius 1 is 1.00 bits per heavy atom. The summed E-state index contributed by atoms with van der Waals surface area (Å²) >= 11 is 0. The molecule has 1 N–H and O–H groups in total. The Morgan fingerprint density at radius 2 is 1.79 bits per heavy atom. The van der Waals surface area contributed by atoms with Gasteiger partial charge in [-0.15, -0.1) is 5.10 Å². The topological polar surface area (TPSA) is 58.4 Å². The van der Waals surface area contributed by atoms with E-state index in [1.807, 2.05) is 28.8 Å². The Labute approximate surface area is 168 Å². The Kier molecular flexibility index (Phi) is 4.44. The van der Waals surface area contributed by atoms with Crippen molar-refractivity contribution in [2.45, 2.75) is 13.0 Å². The Bertz CT molecular complexity index is 1140. The number of rotatable bonds is 3. The summed E-state index contributed by atoms with van der Waals surface area (Å²) in [6, 6.07) is 14.7. The molecular weight excluding hydrogens is 367 g/mol. The van der Waals surface area contributed by atoms with Gasteiger partial charge in [0.15, 0.2) is 5.65 Å². The van der Waals surface area contributed by atoms with Crippen LogP contribution in [0.3, 0.4) is 0 Å². The molecule has 4 aromatic rings. The van der Waals surface area contributed by atoms with Crippen LogP contribution in [0.1, 0.15) is 6.92 Å². The van der Waals surface area contributed by atoms with Gasteiger partial charge in [0.1, 0.15) is 17.3 Å². The molecule has 0 saturated carbocycles. The maximum atomic E-state index is 13.5. The highest BCUT2D eigenvalue weighted by molar-refractivity contribution is 5.81. The van der Waals surface area contributed by atoms with Crippen LogP contribution in [-0.2, 0) is 0 Å². The minimum atomic E-state index is -0.267. The summed E-state index contributed by atoms with van der Waals surface area (Å²) in [5.74, 6) is 0.653. The summed E-state index contributed by atoms with van der Waals surface area (Å²) in [6.07, 6.45) is 3.51. The van der Waals surface area contributed by atoms with Crippen LogP contribution in [0.15, 0.2) is 60.9 Å². The van der Waals surface area contributed by atoms with Crippen LogP contribution in [0.2, 0.25) is 0 Å². The minimum absolute atomic E-state index is 0.267. The predicted molar refractivity (Wildman–Crippen MR) is 111 cm³/mol. The van der Waals surface area contributed by atoms with Crippen molar-refractivity contribution in [3.63, 3.8) is 0 Å². The van der Waals surface area contributed by atoms with Gasteiger partial charge in [-0.25, -0.2) is 13.9 Å². The lowest BCUT2D eigenvalue weighted by atomic mass is 10.1. The van der Waals surface area contributed by atoms with E-state index in [-0.39, 0.29) is 5.82 Å². The zero-order chi connectivity index (χ0) is 19.8. The lowest BCUT2D eigenvalue weighted by Gasteiger charge is -2.32. The number of pyridine rings is 1. The molecule has 4 heterocycles. The highest BCUT2D eigenvalue weighted by atomic mass is 19.1. The molecule has 0 radical (unpaired) electrons. The number of aromatic nitrogens is 4. The van der Waals surface area contributed by atoms with Crippen LogP contribution in [0.5, 0.6) is 0 Å². The molecule has 146 valence electrons. The van der Waals surface area contributed by atoms with Crippen LogP contribution >= 0.6 is 0 Å². The van der Waals surface area contributed by atoms with E-state index in [0.717, 1.165) is 53.6 Å². The molecule has 7 heteroatoms. The van der Waals surface area contributed by atoms with E-state index in [9.17, 15) is 4.39 Å². The molecule has 1 aliphatic rings. The molecule has 0 amide bonds. The molecule has 1 saturated heterocycles. The summed E-state index contributed by atoms with van der Waals surface area (Å²) in [5.41, 5.74) is 4.21. The van der Waals surface area contributed by atoms with Gasteiger partial charge < -0.3 is 10.2 Å². The van der Waals surface area contributed by atoms with Gasteiger partial charge in [-0.1, -0.05) is 0 Å². The van der Waals surface area contributed by atoms with E-state index in [1.54, 1.807) is 24.5 Å². The van der Waals surface area contributed by atoms with Gasteiger partial charge in [0, 0.05) is 49.2 Å². The number of halogens is 1. The average molecular weight is 388 g/mol. The number of anilines is 1. The molecule has 0 unspecified atom stereocenters. The second-order valence-electron chi connectivity index (χ2n) is 7.31. The van der Waals surface area contributed by atoms with Gasteiger partial charge in [-0.3, -0.25) is 4.98 Å². The number of hydrogen-bond acceptors (Lipinski definition) is 5. The molecule has 0 aliphatic carbocycles. The fourth-order valence-electron chi connectivity index (χ4n) is 3.81. The second-order valence-corrected chi connectivity index (χ2v) is 7.31. The van der Waals surface area contributed by atoms with Crippen LogP contribution in [0.25, 0.3) is 28.2 Å². The van der Waals surface area contributed by atoms with Gasteiger partial charge in [0.05, 0.1) is 5.69 Å². The van der Waals surface area contributed by atoms with Gasteiger partial charge >= 0.3 is 0 Å². The van der Waals surface area contributed by atoms with E-state index < -0.39 is 0 Å². The first-order chi connectivity index (χ1) is 14.2. The molecule has 1 fully saturated rings. The van der Waals surface area contributed by atoms with E-state index in [4.69, 9.17) is 10.1 Å². The summed E-state index contributed by atoms with van der Waals surface area (Å²) in [5, 5.41) is 8.39. The number of piperazine rings is 1. The number of benzene rings is 1. The first-order valence-corrected chi connectivity index (χ1v) is 9.73. The van der Waals surface area contributed by atoms with Gasteiger partial charge in [-0.05, 0) is 55.5 Å². The summed E-state index contributed by atoms with van der Waals surface area (Å²) in [4.78, 5) is 11.2. The summed E-state index contributed by atoms with van der Waals surface area (Å²) in [7, 11) is 0. The Balaban J connectivity index is 1.69.